The molecule has 0 aliphatic heterocycles. The molecule has 38 heavy (non-hydrogen) atoms. The SMILES string of the molecule is O=C(CCCNc1ncc(C(F)(F)F)cc1Cl)NNS(=O)(=O)c1ccc(CNC(=O)c2cccc(=O)[nH]2)s1. The van der Waals surface area contributed by atoms with E-state index in [1.807, 2.05) is 4.83 Å². The first-order valence-corrected chi connectivity index (χ1v) is 13.4. The summed E-state index contributed by atoms with van der Waals surface area (Å²) in [7, 11) is -4.08. The Bertz CT molecular complexity index is 1480. The molecule has 3 rings (SSSR count). The van der Waals surface area contributed by atoms with Gasteiger partial charge < -0.3 is 15.6 Å². The molecule has 0 spiro atoms. The van der Waals surface area contributed by atoms with Crippen LogP contribution in [0.5, 0.6) is 0 Å². The summed E-state index contributed by atoms with van der Waals surface area (Å²) >= 11 is 6.66. The number of hydrogen-bond acceptors (Lipinski definition) is 8. The Balaban J connectivity index is 1.42. The average molecular weight is 593 g/mol. The van der Waals surface area contributed by atoms with Crippen LogP contribution in [0, 0.1) is 0 Å². The predicted octanol–water partition coefficient (Wildman–Crippen LogP) is 2.64. The fraction of sp³-hybridized carbons (Fsp3) is 0.238. The Morgan fingerprint density at radius 2 is 1.92 bits per heavy atom. The zero-order valence-electron chi connectivity index (χ0n) is 19.2. The maximum absolute atomic E-state index is 12.7. The first kappa shape index (κ1) is 29.1. The van der Waals surface area contributed by atoms with Crippen molar-refractivity contribution in [3.05, 3.63) is 74.1 Å². The summed E-state index contributed by atoms with van der Waals surface area (Å²) in [5.74, 6) is -1.18. The van der Waals surface area contributed by atoms with E-state index >= 15 is 0 Å². The van der Waals surface area contributed by atoms with Gasteiger partial charge in [0.25, 0.3) is 15.9 Å². The van der Waals surface area contributed by atoms with Gasteiger partial charge in [-0.05, 0) is 30.7 Å². The number of amides is 2. The number of alkyl halides is 3. The van der Waals surface area contributed by atoms with Gasteiger partial charge >= 0.3 is 6.18 Å². The average Bonchev–Trinajstić information content (AvgIpc) is 3.34. The molecule has 0 bridgehead atoms. The van der Waals surface area contributed by atoms with Gasteiger partial charge in [0.05, 0.1) is 17.1 Å². The van der Waals surface area contributed by atoms with Crippen molar-refractivity contribution in [2.45, 2.75) is 29.8 Å². The third-order valence-electron chi connectivity index (χ3n) is 4.70. The normalized spacial score (nSPS) is 11.7. The topological polar surface area (TPSA) is 162 Å². The molecule has 17 heteroatoms. The van der Waals surface area contributed by atoms with Gasteiger partial charge in [0.2, 0.25) is 11.5 Å². The fourth-order valence-corrected chi connectivity index (χ4v) is 5.25. The van der Waals surface area contributed by atoms with E-state index in [2.05, 4.69) is 26.0 Å². The molecule has 0 aliphatic carbocycles. The number of aromatic amines is 1. The van der Waals surface area contributed by atoms with Gasteiger partial charge in [0, 0.05) is 30.1 Å². The number of rotatable bonds is 11. The summed E-state index contributed by atoms with van der Waals surface area (Å²) in [6.45, 7) is 0.141. The van der Waals surface area contributed by atoms with Gasteiger partial charge in [0.1, 0.15) is 15.7 Å². The molecule has 0 radical (unpaired) electrons. The minimum atomic E-state index is -4.58. The van der Waals surface area contributed by atoms with Crippen molar-refractivity contribution in [3.8, 4) is 0 Å². The molecule has 0 aromatic carbocycles. The molecule has 0 atom stereocenters. The van der Waals surface area contributed by atoms with E-state index in [1.165, 1.54) is 30.3 Å². The highest BCUT2D eigenvalue weighted by atomic mass is 35.5. The summed E-state index contributed by atoms with van der Waals surface area (Å²) < 4.78 is 62.7. The second kappa shape index (κ2) is 12.4. The number of H-pyrrole nitrogens is 1. The summed E-state index contributed by atoms with van der Waals surface area (Å²) in [5, 5.41) is 5.03. The molecule has 0 aliphatic rings. The van der Waals surface area contributed by atoms with E-state index in [-0.39, 0.29) is 46.7 Å². The highest BCUT2D eigenvalue weighted by molar-refractivity contribution is 7.91. The van der Waals surface area contributed by atoms with Crippen molar-refractivity contribution in [2.75, 3.05) is 11.9 Å². The number of anilines is 1. The van der Waals surface area contributed by atoms with Crippen LogP contribution >= 0.6 is 22.9 Å². The van der Waals surface area contributed by atoms with Crippen molar-refractivity contribution >= 4 is 50.6 Å². The second-order valence-corrected chi connectivity index (χ2v) is 11.1. The van der Waals surface area contributed by atoms with E-state index in [1.54, 1.807) is 0 Å². The van der Waals surface area contributed by atoms with E-state index in [9.17, 15) is 36.0 Å². The number of aromatic nitrogens is 2. The molecule has 0 unspecified atom stereocenters. The summed E-state index contributed by atoms with van der Waals surface area (Å²) in [5.41, 5.74) is 0.698. The number of halogens is 4. The molecule has 204 valence electrons. The maximum Gasteiger partial charge on any atom is 0.417 e. The molecule has 0 saturated heterocycles. The molecule has 3 aromatic heterocycles. The molecule has 0 fully saturated rings. The Hall–Kier alpha value is -3.47. The van der Waals surface area contributed by atoms with Crippen LogP contribution in [-0.4, -0.2) is 36.7 Å². The van der Waals surface area contributed by atoms with Crippen molar-refractivity contribution < 1.29 is 31.2 Å². The second-order valence-electron chi connectivity index (χ2n) is 7.57. The largest absolute Gasteiger partial charge is 0.417 e. The molecular weight excluding hydrogens is 573 g/mol. The summed E-state index contributed by atoms with van der Waals surface area (Å²) in [6, 6.07) is 7.62. The Labute approximate surface area is 222 Å². The first-order valence-electron chi connectivity index (χ1n) is 10.7. The monoisotopic (exact) mass is 592 g/mol. The van der Waals surface area contributed by atoms with Gasteiger partial charge in [-0.15, -0.1) is 16.2 Å². The zero-order valence-corrected chi connectivity index (χ0v) is 21.6. The van der Waals surface area contributed by atoms with E-state index < -0.39 is 39.1 Å². The molecule has 5 N–H and O–H groups in total. The molecule has 3 aromatic rings. The maximum atomic E-state index is 12.7. The van der Waals surface area contributed by atoms with Crippen molar-refractivity contribution in [3.63, 3.8) is 0 Å². The zero-order chi connectivity index (χ0) is 27.9. The van der Waals surface area contributed by atoms with Crippen LogP contribution < -0.4 is 26.4 Å². The van der Waals surface area contributed by atoms with Crippen molar-refractivity contribution in [1.29, 1.82) is 0 Å². The van der Waals surface area contributed by atoms with Crippen LogP contribution in [0.1, 0.15) is 33.8 Å². The van der Waals surface area contributed by atoms with Crippen LogP contribution in [0.15, 0.2) is 51.6 Å². The molecule has 3 heterocycles. The first-order chi connectivity index (χ1) is 17.8. The van der Waals surface area contributed by atoms with Gasteiger partial charge in [-0.3, -0.25) is 19.8 Å². The molecular formula is C21H20ClF3N6O5S2. The minimum absolute atomic E-state index is 0.00705. The van der Waals surface area contributed by atoms with Crippen LogP contribution in [0.3, 0.4) is 0 Å². The molecule has 11 nitrogen and oxygen atoms in total. The van der Waals surface area contributed by atoms with Gasteiger partial charge in [-0.25, -0.2) is 13.4 Å². The van der Waals surface area contributed by atoms with Crippen LogP contribution in [0.4, 0.5) is 19.0 Å². The summed E-state index contributed by atoms with van der Waals surface area (Å²) in [6.07, 6.45) is -3.86. The standard InChI is InChI=1S/C21H20ClF3N6O5S2/c22-14-9-12(21(23,24)25)10-27-19(14)26-8-2-5-17(33)30-31-38(35,36)18-7-6-13(37-18)11-28-20(34)15-3-1-4-16(32)29-15/h1,3-4,6-7,9-10,31H,2,5,8,11H2,(H,26,27)(H,28,34)(H,29,32)(H,30,33). The smallest absolute Gasteiger partial charge is 0.369 e. The lowest BCUT2D eigenvalue weighted by molar-refractivity contribution is -0.137. The Morgan fingerprint density at radius 3 is 2.61 bits per heavy atom. The molecule has 0 saturated carbocycles. The minimum Gasteiger partial charge on any atom is -0.369 e. The lowest BCUT2D eigenvalue weighted by Gasteiger charge is -2.11. The van der Waals surface area contributed by atoms with Gasteiger partial charge in [-0.1, -0.05) is 17.7 Å². The van der Waals surface area contributed by atoms with Gasteiger partial charge in [0.15, 0.2) is 0 Å². The fourth-order valence-electron chi connectivity index (χ4n) is 2.86. The lowest BCUT2D eigenvalue weighted by atomic mass is 10.2. The highest BCUT2D eigenvalue weighted by Gasteiger charge is 2.31. The quantitative estimate of drug-likeness (QED) is 0.169. The lowest BCUT2D eigenvalue weighted by Crippen LogP contribution is -2.41. The summed E-state index contributed by atoms with van der Waals surface area (Å²) in [4.78, 5) is 43.9. The number of sulfonamides is 1. The number of nitrogens with zero attached hydrogens (tertiary/aromatic N) is 1. The Morgan fingerprint density at radius 1 is 1.16 bits per heavy atom. The number of thiophene rings is 1. The molecule has 2 amide bonds. The Kier molecular flexibility index (Phi) is 9.48. The number of hydrazine groups is 1. The predicted molar refractivity (Wildman–Crippen MR) is 133 cm³/mol. The van der Waals surface area contributed by atoms with Gasteiger partial charge in [-0.2, -0.15) is 13.2 Å². The number of carbonyl (C=O) groups excluding carboxylic acids is 2. The number of pyridine rings is 2. The van der Waals surface area contributed by atoms with Crippen molar-refractivity contribution in [2.24, 2.45) is 0 Å². The third-order valence-corrected chi connectivity index (χ3v) is 7.82. The van der Waals surface area contributed by atoms with Crippen LogP contribution in [0.2, 0.25) is 5.02 Å². The third kappa shape index (κ3) is 8.27. The number of nitrogens with one attached hydrogen (secondary N) is 5. The number of carbonyl (C=O) groups is 2. The van der Waals surface area contributed by atoms with Crippen LogP contribution in [0.25, 0.3) is 0 Å². The number of hydrogen-bond donors (Lipinski definition) is 5. The van der Waals surface area contributed by atoms with E-state index in [0.717, 1.165) is 17.4 Å². The van der Waals surface area contributed by atoms with Crippen LogP contribution in [-0.2, 0) is 27.5 Å². The highest BCUT2D eigenvalue weighted by Crippen LogP contribution is 2.32. The van der Waals surface area contributed by atoms with E-state index in [4.69, 9.17) is 11.6 Å². The van der Waals surface area contributed by atoms with E-state index in [0.29, 0.717) is 11.1 Å². The van der Waals surface area contributed by atoms with Crippen molar-refractivity contribution in [1.82, 2.24) is 25.5 Å².